The van der Waals surface area contributed by atoms with Gasteiger partial charge in [0, 0.05) is 19.8 Å². The van der Waals surface area contributed by atoms with Crippen LogP contribution in [0, 0.1) is 0 Å². The molecule has 0 radical (unpaired) electrons. The molecule has 4 rings (SSSR count). The molecule has 0 N–H and O–H groups in total. The number of para-hydroxylation sites is 1. The van der Waals surface area contributed by atoms with Gasteiger partial charge in [0.2, 0.25) is 0 Å². The van der Waals surface area contributed by atoms with Crippen molar-refractivity contribution in [2.24, 2.45) is 0 Å². The molecule has 2 heteroatoms. The second-order valence-electron chi connectivity index (χ2n) is 5.58. The second kappa shape index (κ2) is 6.86. The molecular formula is C22H18NP. The monoisotopic (exact) mass is 327 g/mol. The van der Waals surface area contributed by atoms with E-state index in [1.807, 2.05) is 0 Å². The maximum atomic E-state index is 2.31. The summed E-state index contributed by atoms with van der Waals surface area (Å²) in [6.45, 7) is 0. The van der Waals surface area contributed by atoms with Crippen molar-refractivity contribution in [1.29, 1.82) is 0 Å². The van der Waals surface area contributed by atoms with Crippen molar-refractivity contribution < 1.29 is 0 Å². The van der Waals surface area contributed by atoms with Crippen molar-refractivity contribution in [3.05, 3.63) is 109 Å². The topological polar surface area (TPSA) is 4.93 Å². The number of benzene rings is 3. The van der Waals surface area contributed by atoms with E-state index < -0.39 is 7.92 Å². The van der Waals surface area contributed by atoms with Gasteiger partial charge in [-0.25, -0.2) is 0 Å². The fraction of sp³-hybridized carbons (Fsp3) is 0. The molecule has 4 aromatic rings. The molecule has 0 amide bonds. The third-order valence-corrected chi connectivity index (χ3v) is 6.47. The van der Waals surface area contributed by atoms with Crippen LogP contribution in [-0.2, 0) is 0 Å². The molecule has 1 aromatic heterocycles. The van der Waals surface area contributed by atoms with Crippen molar-refractivity contribution in [2.75, 3.05) is 0 Å². The third-order valence-electron chi connectivity index (χ3n) is 4.02. The first-order valence-corrected chi connectivity index (χ1v) is 9.41. The molecule has 0 aliphatic carbocycles. The Balaban J connectivity index is 1.89. The summed E-state index contributed by atoms with van der Waals surface area (Å²) < 4.78 is 2.31. The smallest absolute Gasteiger partial charge is 0.0549 e. The predicted molar refractivity (Wildman–Crippen MR) is 104 cm³/mol. The Morgan fingerprint density at radius 3 is 1.54 bits per heavy atom. The number of hydrogen-bond acceptors (Lipinski definition) is 0. The summed E-state index contributed by atoms with van der Waals surface area (Å²) in [5, 5.41) is 2.74. The van der Waals surface area contributed by atoms with Crippen LogP contribution in [0.25, 0.3) is 5.69 Å². The Morgan fingerprint density at radius 2 is 1.00 bits per heavy atom. The van der Waals surface area contributed by atoms with E-state index in [0.717, 1.165) is 0 Å². The van der Waals surface area contributed by atoms with Crippen LogP contribution in [0.5, 0.6) is 0 Å². The normalized spacial score (nSPS) is 10.9. The fourth-order valence-electron chi connectivity index (χ4n) is 2.93. The summed E-state index contributed by atoms with van der Waals surface area (Å²) in [5.74, 6) is 0. The van der Waals surface area contributed by atoms with E-state index in [4.69, 9.17) is 0 Å². The van der Waals surface area contributed by atoms with E-state index in [1.54, 1.807) is 0 Å². The van der Waals surface area contributed by atoms with Crippen molar-refractivity contribution in [3.63, 3.8) is 0 Å². The highest BCUT2D eigenvalue weighted by atomic mass is 31.1. The molecule has 1 nitrogen and oxygen atoms in total. The van der Waals surface area contributed by atoms with Gasteiger partial charge >= 0.3 is 0 Å². The zero-order valence-corrected chi connectivity index (χ0v) is 14.2. The van der Waals surface area contributed by atoms with Crippen LogP contribution in [0.3, 0.4) is 0 Å². The average molecular weight is 327 g/mol. The van der Waals surface area contributed by atoms with Crippen LogP contribution in [0.15, 0.2) is 109 Å². The van der Waals surface area contributed by atoms with Crippen LogP contribution in [0.2, 0.25) is 0 Å². The Kier molecular flexibility index (Phi) is 4.27. The first-order chi connectivity index (χ1) is 11.9. The summed E-state index contributed by atoms with van der Waals surface area (Å²) in [6, 6.07) is 36.6. The second-order valence-corrected chi connectivity index (χ2v) is 7.74. The van der Waals surface area contributed by atoms with Gasteiger partial charge in [-0.2, -0.15) is 0 Å². The minimum absolute atomic E-state index is 0.590. The summed E-state index contributed by atoms with van der Waals surface area (Å²) >= 11 is 0. The van der Waals surface area contributed by atoms with Crippen molar-refractivity contribution in [1.82, 2.24) is 4.57 Å². The summed E-state index contributed by atoms with van der Waals surface area (Å²) in [4.78, 5) is 0. The van der Waals surface area contributed by atoms with E-state index in [-0.39, 0.29) is 0 Å². The number of nitrogens with zero attached hydrogens (tertiary/aromatic N) is 1. The molecule has 116 valence electrons. The van der Waals surface area contributed by atoms with Gasteiger partial charge in [-0.3, -0.25) is 0 Å². The standard InChI is InChI=1S/C22H18NP/c1-4-11-19(12-5-1)23-18-10-17-22(23)24(20-13-6-2-7-14-20)21-15-8-3-9-16-21/h1-18H. The highest BCUT2D eigenvalue weighted by Gasteiger charge is 2.19. The summed E-state index contributed by atoms with van der Waals surface area (Å²) in [6.07, 6.45) is 2.16. The summed E-state index contributed by atoms with van der Waals surface area (Å²) in [5.41, 5.74) is 2.55. The van der Waals surface area contributed by atoms with E-state index in [0.29, 0.717) is 0 Å². The van der Waals surface area contributed by atoms with Gasteiger partial charge in [0.05, 0.1) is 5.44 Å². The molecule has 0 aliphatic heterocycles. The minimum Gasteiger partial charge on any atom is -0.316 e. The third kappa shape index (κ3) is 2.91. The van der Waals surface area contributed by atoms with Crippen molar-refractivity contribution in [2.45, 2.75) is 0 Å². The van der Waals surface area contributed by atoms with Gasteiger partial charge in [0.1, 0.15) is 0 Å². The van der Waals surface area contributed by atoms with Gasteiger partial charge < -0.3 is 4.57 Å². The molecule has 0 unspecified atom stereocenters. The molecule has 0 saturated heterocycles. The quantitative estimate of drug-likeness (QED) is 0.494. The van der Waals surface area contributed by atoms with Crippen molar-refractivity contribution in [3.8, 4) is 5.69 Å². The largest absolute Gasteiger partial charge is 0.316 e. The number of aromatic nitrogens is 1. The van der Waals surface area contributed by atoms with E-state index in [9.17, 15) is 0 Å². The maximum Gasteiger partial charge on any atom is 0.0549 e. The zero-order chi connectivity index (χ0) is 16.2. The van der Waals surface area contributed by atoms with Gasteiger partial charge in [0.25, 0.3) is 0 Å². The predicted octanol–water partition coefficient (Wildman–Crippen LogP) is 4.24. The molecule has 0 fully saturated rings. The highest BCUT2D eigenvalue weighted by molar-refractivity contribution is 7.79. The Bertz CT molecular complexity index is 859. The number of hydrogen-bond donors (Lipinski definition) is 0. The minimum atomic E-state index is -0.590. The molecule has 0 atom stereocenters. The van der Waals surface area contributed by atoms with Crippen LogP contribution < -0.4 is 16.0 Å². The molecule has 0 aliphatic rings. The molecule has 0 spiro atoms. The van der Waals surface area contributed by atoms with Gasteiger partial charge in [-0.05, 0) is 34.9 Å². The van der Waals surface area contributed by atoms with Crippen LogP contribution >= 0.6 is 7.92 Å². The Labute approximate surface area is 144 Å². The lowest BCUT2D eigenvalue weighted by Crippen LogP contribution is -2.25. The van der Waals surface area contributed by atoms with E-state index in [1.165, 1.54) is 21.7 Å². The highest BCUT2D eigenvalue weighted by Crippen LogP contribution is 2.33. The average Bonchev–Trinajstić information content (AvgIpc) is 3.14. The van der Waals surface area contributed by atoms with Gasteiger partial charge in [-0.15, -0.1) is 0 Å². The first-order valence-electron chi connectivity index (χ1n) is 8.06. The molecule has 24 heavy (non-hydrogen) atoms. The summed E-state index contributed by atoms with van der Waals surface area (Å²) in [7, 11) is -0.590. The van der Waals surface area contributed by atoms with E-state index >= 15 is 0 Å². The molecular weight excluding hydrogens is 309 g/mol. The molecule has 3 aromatic carbocycles. The Morgan fingerprint density at radius 1 is 0.500 bits per heavy atom. The molecule has 0 bridgehead atoms. The Hall–Kier alpha value is -2.63. The maximum absolute atomic E-state index is 2.31. The van der Waals surface area contributed by atoms with Crippen LogP contribution in [0.1, 0.15) is 0 Å². The van der Waals surface area contributed by atoms with Crippen molar-refractivity contribution >= 4 is 24.0 Å². The van der Waals surface area contributed by atoms with Crippen LogP contribution in [0.4, 0.5) is 0 Å². The van der Waals surface area contributed by atoms with Gasteiger partial charge in [-0.1, -0.05) is 78.9 Å². The lowest BCUT2D eigenvalue weighted by Gasteiger charge is -2.21. The lowest BCUT2D eigenvalue weighted by atomic mass is 10.3. The van der Waals surface area contributed by atoms with E-state index in [2.05, 4.69) is 114 Å². The zero-order valence-electron chi connectivity index (χ0n) is 13.3. The van der Waals surface area contributed by atoms with Crippen LogP contribution in [-0.4, -0.2) is 4.57 Å². The van der Waals surface area contributed by atoms with Gasteiger partial charge in [0.15, 0.2) is 0 Å². The molecule has 0 saturated carbocycles. The lowest BCUT2D eigenvalue weighted by molar-refractivity contribution is 1.12. The fourth-order valence-corrected chi connectivity index (χ4v) is 5.33. The number of rotatable bonds is 4. The molecule has 1 heterocycles. The first kappa shape index (κ1) is 14.9. The SMILES string of the molecule is c1ccc(-n2cccc2P(c2ccccc2)c2ccccc2)cc1.